The Morgan fingerprint density at radius 3 is 2.24 bits per heavy atom. The number of halogens is 1. The summed E-state index contributed by atoms with van der Waals surface area (Å²) in [5.74, 6) is -0.164. The summed E-state index contributed by atoms with van der Waals surface area (Å²) in [5, 5.41) is 0. The Labute approximate surface area is 125 Å². The van der Waals surface area contributed by atoms with Gasteiger partial charge in [-0.2, -0.15) is 0 Å². The highest BCUT2D eigenvalue weighted by atomic mass is 19.1. The van der Waals surface area contributed by atoms with E-state index in [1.54, 1.807) is 12.1 Å². The second kappa shape index (κ2) is 6.27. The van der Waals surface area contributed by atoms with Crippen LogP contribution in [0.3, 0.4) is 0 Å². The van der Waals surface area contributed by atoms with Gasteiger partial charge in [0.05, 0.1) is 0 Å². The highest BCUT2D eigenvalue weighted by molar-refractivity contribution is 5.53. The Balaban J connectivity index is 1.58. The molecule has 3 heteroatoms. The second-order valence-electron chi connectivity index (χ2n) is 5.68. The first-order valence-corrected chi connectivity index (χ1v) is 7.50. The van der Waals surface area contributed by atoms with Crippen LogP contribution in [0.4, 0.5) is 10.1 Å². The van der Waals surface area contributed by atoms with E-state index in [-0.39, 0.29) is 5.82 Å². The molecule has 1 heterocycles. The van der Waals surface area contributed by atoms with Gasteiger partial charge in [-0.1, -0.05) is 30.3 Å². The summed E-state index contributed by atoms with van der Waals surface area (Å²) >= 11 is 0. The smallest absolute Gasteiger partial charge is 0.123 e. The zero-order valence-corrected chi connectivity index (χ0v) is 12.4. The van der Waals surface area contributed by atoms with Gasteiger partial charge in [0, 0.05) is 38.4 Å². The molecular weight excluding hydrogens is 263 g/mol. The van der Waals surface area contributed by atoms with Crippen molar-refractivity contribution >= 4 is 5.69 Å². The standard InChI is InChI=1S/C18H21FN2/c1-15-4-2-3-5-18(15)21-12-10-20(11-13-21)14-16-6-8-17(19)9-7-16/h2-9H,10-14H2,1H3. The van der Waals surface area contributed by atoms with Crippen molar-refractivity contribution in [3.05, 3.63) is 65.5 Å². The molecule has 2 aromatic carbocycles. The van der Waals surface area contributed by atoms with Gasteiger partial charge in [0.2, 0.25) is 0 Å². The van der Waals surface area contributed by atoms with Crippen LogP contribution in [0, 0.1) is 12.7 Å². The van der Waals surface area contributed by atoms with Crippen molar-refractivity contribution in [1.82, 2.24) is 4.90 Å². The molecule has 0 saturated carbocycles. The molecular formula is C18H21FN2. The van der Waals surface area contributed by atoms with Crippen molar-refractivity contribution in [1.29, 1.82) is 0 Å². The van der Waals surface area contributed by atoms with Crippen molar-refractivity contribution in [3.63, 3.8) is 0 Å². The average Bonchev–Trinajstić information content (AvgIpc) is 2.51. The van der Waals surface area contributed by atoms with Gasteiger partial charge < -0.3 is 4.90 Å². The zero-order chi connectivity index (χ0) is 14.7. The maximum absolute atomic E-state index is 12.9. The monoisotopic (exact) mass is 284 g/mol. The van der Waals surface area contributed by atoms with Crippen LogP contribution in [0.1, 0.15) is 11.1 Å². The molecule has 1 aliphatic rings. The number of benzene rings is 2. The molecule has 1 saturated heterocycles. The Morgan fingerprint density at radius 1 is 0.905 bits per heavy atom. The van der Waals surface area contributed by atoms with E-state index >= 15 is 0 Å². The third-order valence-electron chi connectivity index (χ3n) is 4.15. The van der Waals surface area contributed by atoms with Crippen LogP contribution in [-0.2, 0) is 6.54 Å². The largest absolute Gasteiger partial charge is 0.369 e. The minimum Gasteiger partial charge on any atom is -0.369 e. The number of piperazine rings is 1. The third-order valence-corrected chi connectivity index (χ3v) is 4.15. The first-order chi connectivity index (χ1) is 10.2. The lowest BCUT2D eigenvalue weighted by Gasteiger charge is -2.36. The van der Waals surface area contributed by atoms with Crippen molar-refractivity contribution < 1.29 is 4.39 Å². The van der Waals surface area contributed by atoms with Crippen LogP contribution in [0.25, 0.3) is 0 Å². The summed E-state index contributed by atoms with van der Waals surface area (Å²) in [7, 11) is 0. The molecule has 110 valence electrons. The molecule has 0 amide bonds. The minimum absolute atomic E-state index is 0.164. The molecule has 0 radical (unpaired) electrons. The van der Waals surface area contributed by atoms with E-state index in [0.717, 1.165) is 32.7 Å². The van der Waals surface area contributed by atoms with Crippen molar-refractivity contribution in [2.24, 2.45) is 0 Å². The Morgan fingerprint density at radius 2 is 1.57 bits per heavy atom. The van der Waals surface area contributed by atoms with Crippen LogP contribution in [0.5, 0.6) is 0 Å². The topological polar surface area (TPSA) is 6.48 Å². The van der Waals surface area contributed by atoms with Gasteiger partial charge in [-0.25, -0.2) is 4.39 Å². The first kappa shape index (κ1) is 14.1. The molecule has 1 aliphatic heterocycles. The van der Waals surface area contributed by atoms with E-state index in [2.05, 4.69) is 41.0 Å². The maximum atomic E-state index is 12.9. The number of anilines is 1. The molecule has 1 fully saturated rings. The predicted molar refractivity (Wildman–Crippen MR) is 85.1 cm³/mol. The normalized spacial score (nSPS) is 16.2. The van der Waals surface area contributed by atoms with Crippen LogP contribution < -0.4 is 4.90 Å². The zero-order valence-electron chi connectivity index (χ0n) is 12.4. The van der Waals surface area contributed by atoms with E-state index < -0.39 is 0 Å². The van der Waals surface area contributed by atoms with Gasteiger partial charge in [0.1, 0.15) is 5.82 Å². The summed E-state index contributed by atoms with van der Waals surface area (Å²) in [6.07, 6.45) is 0. The lowest BCUT2D eigenvalue weighted by Crippen LogP contribution is -2.46. The number of hydrogen-bond donors (Lipinski definition) is 0. The fraction of sp³-hybridized carbons (Fsp3) is 0.333. The number of hydrogen-bond acceptors (Lipinski definition) is 2. The molecule has 0 aromatic heterocycles. The Kier molecular flexibility index (Phi) is 4.20. The summed E-state index contributed by atoms with van der Waals surface area (Å²) in [4.78, 5) is 4.89. The van der Waals surface area contributed by atoms with Gasteiger partial charge in [-0.05, 0) is 36.2 Å². The molecule has 0 atom stereocenters. The number of nitrogens with zero attached hydrogens (tertiary/aromatic N) is 2. The fourth-order valence-electron chi connectivity index (χ4n) is 2.91. The molecule has 0 aliphatic carbocycles. The van der Waals surface area contributed by atoms with Gasteiger partial charge in [0.25, 0.3) is 0 Å². The quantitative estimate of drug-likeness (QED) is 0.851. The molecule has 2 nitrogen and oxygen atoms in total. The Bertz CT molecular complexity index is 586. The van der Waals surface area contributed by atoms with Crippen molar-refractivity contribution in [3.8, 4) is 0 Å². The highest BCUT2D eigenvalue weighted by Crippen LogP contribution is 2.21. The first-order valence-electron chi connectivity index (χ1n) is 7.50. The van der Waals surface area contributed by atoms with E-state index in [1.165, 1.54) is 16.8 Å². The van der Waals surface area contributed by atoms with Crippen molar-refractivity contribution in [2.75, 3.05) is 31.1 Å². The van der Waals surface area contributed by atoms with Gasteiger partial charge >= 0.3 is 0 Å². The number of para-hydroxylation sites is 1. The lowest BCUT2D eigenvalue weighted by molar-refractivity contribution is 0.249. The molecule has 0 unspecified atom stereocenters. The minimum atomic E-state index is -0.164. The number of aryl methyl sites for hydroxylation is 1. The van der Waals surface area contributed by atoms with E-state index in [4.69, 9.17) is 0 Å². The van der Waals surface area contributed by atoms with Gasteiger partial charge in [0.15, 0.2) is 0 Å². The van der Waals surface area contributed by atoms with Crippen LogP contribution in [-0.4, -0.2) is 31.1 Å². The average molecular weight is 284 g/mol. The second-order valence-corrected chi connectivity index (χ2v) is 5.68. The summed E-state index contributed by atoms with van der Waals surface area (Å²) < 4.78 is 12.9. The van der Waals surface area contributed by atoms with Crippen LogP contribution in [0.2, 0.25) is 0 Å². The summed E-state index contributed by atoms with van der Waals surface area (Å²) in [6.45, 7) is 7.26. The summed E-state index contributed by atoms with van der Waals surface area (Å²) in [5.41, 5.74) is 3.86. The molecule has 3 rings (SSSR count). The highest BCUT2D eigenvalue weighted by Gasteiger charge is 2.18. The number of rotatable bonds is 3. The molecule has 0 spiro atoms. The van der Waals surface area contributed by atoms with Crippen LogP contribution >= 0.6 is 0 Å². The molecule has 0 N–H and O–H groups in total. The molecule has 2 aromatic rings. The molecule has 0 bridgehead atoms. The van der Waals surface area contributed by atoms with Gasteiger partial charge in [-0.3, -0.25) is 4.90 Å². The maximum Gasteiger partial charge on any atom is 0.123 e. The van der Waals surface area contributed by atoms with E-state index in [9.17, 15) is 4.39 Å². The molecule has 21 heavy (non-hydrogen) atoms. The lowest BCUT2D eigenvalue weighted by atomic mass is 10.1. The predicted octanol–water partition coefficient (Wildman–Crippen LogP) is 3.46. The van der Waals surface area contributed by atoms with E-state index in [1.807, 2.05) is 12.1 Å². The Hall–Kier alpha value is -1.87. The summed E-state index contributed by atoms with van der Waals surface area (Å²) in [6, 6.07) is 15.4. The SMILES string of the molecule is Cc1ccccc1N1CCN(Cc2ccc(F)cc2)CC1. The third kappa shape index (κ3) is 3.42. The fourth-order valence-corrected chi connectivity index (χ4v) is 2.91. The van der Waals surface area contributed by atoms with Gasteiger partial charge in [-0.15, -0.1) is 0 Å². The van der Waals surface area contributed by atoms with Crippen LogP contribution in [0.15, 0.2) is 48.5 Å². The van der Waals surface area contributed by atoms with E-state index in [0.29, 0.717) is 0 Å². The van der Waals surface area contributed by atoms with Crippen molar-refractivity contribution in [2.45, 2.75) is 13.5 Å².